The first-order chi connectivity index (χ1) is 14.2. The van der Waals surface area contributed by atoms with Gasteiger partial charge in [-0.25, -0.2) is 4.79 Å². The summed E-state index contributed by atoms with van der Waals surface area (Å²) in [5.74, 6) is 0.210. The molecule has 1 fully saturated rings. The summed E-state index contributed by atoms with van der Waals surface area (Å²) in [5.41, 5.74) is 2.50. The van der Waals surface area contributed by atoms with E-state index < -0.39 is 0 Å². The minimum absolute atomic E-state index is 0.0267. The van der Waals surface area contributed by atoms with Gasteiger partial charge in [-0.2, -0.15) is 0 Å². The number of ether oxygens (including phenoxy) is 1. The van der Waals surface area contributed by atoms with Gasteiger partial charge >= 0.3 is 6.03 Å². The van der Waals surface area contributed by atoms with E-state index in [0.717, 1.165) is 6.42 Å². The molecule has 2 aromatic carbocycles. The van der Waals surface area contributed by atoms with Gasteiger partial charge in [-0.15, -0.1) is 0 Å². The number of hydrogen-bond acceptors (Lipinski definition) is 3. The first kappa shape index (κ1) is 20.9. The molecule has 1 saturated heterocycles. The number of hydrogen-bond donors (Lipinski definition) is 1. The fourth-order valence-electron chi connectivity index (χ4n) is 3.71. The van der Waals surface area contributed by atoms with Crippen molar-refractivity contribution in [3.8, 4) is 0 Å². The van der Waals surface area contributed by atoms with Gasteiger partial charge in [0.1, 0.15) is 6.61 Å². The molecule has 1 aliphatic heterocycles. The number of nitrogens with zero attached hydrogens (tertiary/aromatic N) is 2. The Morgan fingerprint density at radius 3 is 1.93 bits per heavy atom. The molecule has 2 aromatic rings. The Morgan fingerprint density at radius 1 is 0.897 bits per heavy atom. The molecule has 0 saturated carbocycles. The summed E-state index contributed by atoms with van der Waals surface area (Å²) in [7, 11) is 1.51. The SMILES string of the molecule is COCC(=O)N1CCN(C(=O)NCCC(c2ccccc2)c2ccccc2)CC1. The summed E-state index contributed by atoms with van der Waals surface area (Å²) in [6, 6.07) is 20.7. The molecule has 29 heavy (non-hydrogen) atoms. The minimum Gasteiger partial charge on any atom is -0.375 e. The first-order valence-electron chi connectivity index (χ1n) is 10.1. The van der Waals surface area contributed by atoms with Crippen molar-refractivity contribution in [1.82, 2.24) is 15.1 Å². The number of carbonyl (C=O) groups is 2. The van der Waals surface area contributed by atoms with E-state index in [4.69, 9.17) is 4.74 Å². The van der Waals surface area contributed by atoms with E-state index in [1.165, 1.54) is 18.2 Å². The fraction of sp³-hybridized carbons (Fsp3) is 0.391. The van der Waals surface area contributed by atoms with Gasteiger partial charge in [-0.05, 0) is 17.5 Å². The molecule has 3 rings (SSSR count). The Bertz CT molecular complexity index is 735. The number of carbonyl (C=O) groups excluding carboxylic acids is 2. The van der Waals surface area contributed by atoms with Gasteiger partial charge in [-0.1, -0.05) is 60.7 Å². The zero-order valence-corrected chi connectivity index (χ0v) is 16.9. The number of amides is 3. The summed E-state index contributed by atoms with van der Waals surface area (Å²) in [6.45, 7) is 2.87. The molecule has 6 nitrogen and oxygen atoms in total. The van der Waals surface area contributed by atoms with Crippen LogP contribution in [0.2, 0.25) is 0 Å². The van der Waals surface area contributed by atoms with Crippen LogP contribution in [0, 0.1) is 0 Å². The predicted molar refractivity (Wildman–Crippen MR) is 113 cm³/mol. The molecule has 6 heteroatoms. The average Bonchev–Trinajstić information content (AvgIpc) is 2.78. The van der Waals surface area contributed by atoms with Crippen molar-refractivity contribution < 1.29 is 14.3 Å². The molecule has 1 heterocycles. The van der Waals surface area contributed by atoms with E-state index in [1.54, 1.807) is 9.80 Å². The maximum atomic E-state index is 12.5. The lowest BCUT2D eigenvalue weighted by molar-refractivity contribution is -0.136. The largest absolute Gasteiger partial charge is 0.375 e. The molecule has 0 aromatic heterocycles. The van der Waals surface area contributed by atoms with Crippen LogP contribution in [0.5, 0.6) is 0 Å². The third-order valence-corrected chi connectivity index (χ3v) is 5.30. The molecular weight excluding hydrogens is 366 g/mol. The fourth-order valence-corrected chi connectivity index (χ4v) is 3.71. The Hall–Kier alpha value is -2.86. The second-order valence-electron chi connectivity index (χ2n) is 7.20. The van der Waals surface area contributed by atoms with Gasteiger partial charge in [0.15, 0.2) is 0 Å². The zero-order chi connectivity index (χ0) is 20.5. The maximum absolute atomic E-state index is 12.5. The highest BCUT2D eigenvalue weighted by molar-refractivity contribution is 5.78. The van der Waals surface area contributed by atoms with E-state index >= 15 is 0 Å². The summed E-state index contributed by atoms with van der Waals surface area (Å²) >= 11 is 0. The maximum Gasteiger partial charge on any atom is 0.317 e. The molecule has 154 valence electrons. The zero-order valence-electron chi connectivity index (χ0n) is 16.9. The molecule has 0 atom stereocenters. The van der Waals surface area contributed by atoms with E-state index in [2.05, 4.69) is 29.6 Å². The minimum atomic E-state index is -0.0660. The number of piperazine rings is 1. The molecule has 0 aliphatic carbocycles. The van der Waals surface area contributed by atoms with Crippen LogP contribution in [0.3, 0.4) is 0 Å². The van der Waals surface area contributed by atoms with Crippen molar-refractivity contribution in [3.05, 3.63) is 71.8 Å². The number of urea groups is 1. The van der Waals surface area contributed by atoms with E-state index in [-0.39, 0.29) is 24.5 Å². The molecular formula is C23H29N3O3. The van der Waals surface area contributed by atoms with Gasteiger partial charge in [0.2, 0.25) is 5.91 Å². The van der Waals surface area contributed by atoms with Crippen LogP contribution in [0.25, 0.3) is 0 Å². The Kier molecular flexibility index (Phi) is 7.64. The third-order valence-electron chi connectivity index (χ3n) is 5.30. The summed E-state index contributed by atoms with van der Waals surface area (Å²) < 4.78 is 4.90. The summed E-state index contributed by atoms with van der Waals surface area (Å²) in [6.07, 6.45) is 0.825. The molecule has 0 bridgehead atoms. The first-order valence-corrected chi connectivity index (χ1v) is 10.1. The molecule has 3 amide bonds. The number of nitrogens with one attached hydrogen (secondary N) is 1. The highest BCUT2D eigenvalue weighted by Crippen LogP contribution is 2.27. The third kappa shape index (κ3) is 5.81. The molecule has 0 spiro atoms. The summed E-state index contributed by atoms with van der Waals surface area (Å²) in [5, 5.41) is 3.05. The van der Waals surface area contributed by atoms with E-state index in [0.29, 0.717) is 32.7 Å². The smallest absolute Gasteiger partial charge is 0.317 e. The number of methoxy groups -OCH3 is 1. The van der Waals surface area contributed by atoms with Crippen LogP contribution in [0.1, 0.15) is 23.5 Å². The van der Waals surface area contributed by atoms with Crippen molar-refractivity contribution in [1.29, 1.82) is 0 Å². The number of rotatable bonds is 7. The van der Waals surface area contributed by atoms with E-state index in [9.17, 15) is 9.59 Å². The van der Waals surface area contributed by atoms with Gasteiger partial charge in [0, 0.05) is 45.8 Å². The molecule has 0 unspecified atom stereocenters. The Balaban J connectivity index is 1.51. The second-order valence-corrected chi connectivity index (χ2v) is 7.20. The highest BCUT2D eigenvalue weighted by atomic mass is 16.5. The number of benzene rings is 2. The molecule has 1 N–H and O–H groups in total. The van der Waals surface area contributed by atoms with Crippen LogP contribution in [0.15, 0.2) is 60.7 Å². The van der Waals surface area contributed by atoms with Gasteiger partial charge in [-0.3, -0.25) is 4.79 Å². The Morgan fingerprint density at radius 2 is 1.41 bits per heavy atom. The highest BCUT2D eigenvalue weighted by Gasteiger charge is 2.24. The van der Waals surface area contributed by atoms with Crippen molar-refractivity contribution in [3.63, 3.8) is 0 Å². The van der Waals surface area contributed by atoms with Crippen molar-refractivity contribution in [2.45, 2.75) is 12.3 Å². The van der Waals surface area contributed by atoms with E-state index in [1.807, 2.05) is 36.4 Å². The van der Waals surface area contributed by atoms with Crippen molar-refractivity contribution >= 4 is 11.9 Å². The molecule has 0 radical (unpaired) electrons. The van der Waals surface area contributed by atoms with Gasteiger partial charge < -0.3 is 19.9 Å². The van der Waals surface area contributed by atoms with Crippen LogP contribution < -0.4 is 5.32 Å². The van der Waals surface area contributed by atoms with Crippen molar-refractivity contribution in [2.24, 2.45) is 0 Å². The standard InChI is InChI=1S/C23H29N3O3/c1-29-18-22(27)25-14-16-26(17-15-25)23(28)24-13-12-21(19-8-4-2-5-9-19)20-10-6-3-7-11-20/h2-11,21H,12-18H2,1H3,(H,24,28). The lowest BCUT2D eigenvalue weighted by Crippen LogP contribution is -2.53. The van der Waals surface area contributed by atoms with Crippen molar-refractivity contribution in [2.75, 3.05) is 46.4 Å². The lowest BCUT2D eigenvalue weighted by atomic mass is 9.88. The normalized spacial score (nSPS) is 14.1. The van der Waals surface area contributed by atoms with Gasteiger partial charge in [0.05, 0.1) is 0 Å². The summed E-state index contributed by atoms with van der Waals surface area (Å²) in [4.78, 5) is 27.9. The lowest BCUT2D eigenvalue weighted by Gasteiger charge is -2.34. The molecule has 1 aliphatic rings. The topological polar surface area (TPSA) is 61.9 Å². The quantitative estimate of drug-likeness (QED) is 0.784. The average molecular weight is 396 g/mol. The van der Waals surface area contributed by atoms with Crippen LogP contribution in [-0.4, -0.2) is 68.2 Å². The second kappa shape index (κ2) is 10.6. The van der Waals surface area contributed by atoms with Crippen LogP contribution >= 0.6 is 0 Å². The Labute approximate surface area is 172 Å². The van der Waals surface area contributed by atoms with Crippen LogP contribution in [0.4, 0.5) is 4.79 Å². The van der Waals surface area contributed by atoms with Gasteiger partial charge in [0.25, 0.3) is 0 Å². The van der Waals surface area contributed by atoms with Crippen LogP contribution in [-0.2, 0) is 9.53 Å². The monoisotopic (exact) mass is 395 g/mol. The predicted octanol–water partition coefficient (Wildman–Crippen LogP) is 2.71.